The molecule has 2 aliphatic rings. The maximum absolute atomic E-state index is 11.6. The Hall–Kier alpha value is -2.34. The predicted octanol–water partition coefficient (Wildman–Crippen LogP) is 2.29. The highest BCUT2D eigenvalue weighted by Gasteiger charge is 2.22. The summed E-state index contributed by atoms with van der Waals surface area (Å²) in [7, 11) is 1.94. The van der Waals surface area contributed by atoms with E-state index < -0.39 is 0 Å². The van der Waals surface area contributed by atoms with Crippen molar-refractivity contribution >= 4 is 17.3 Å². The summed E-state index contributed by atoms with van der Waals surface area (Å²) in [4.78, 5) is 13.6. The predicted molar refractivity (Wildman–Crippen MR) is 88.7 cm³/mol. The number of nitrogens with zero attached hydrogens (tertiary/aromatic N) is 3. The van der Waals surface area contributed by atoms with Crippen molar-refractivity contribution in [3.05, 3.63) is 30.5 Å². The molecule has 0 atom stereocenters. The number of carbonyl (C=O) groups is 1. The number of carbonyl (C=O) groups excluding carboxylic acids is 1. The van der Waals surface area contributed by atoms with E-state index in [2.05, 4.69) is 27.2 Å². The molecule has 0 radical (unpaired) electrons. The normalized spacial score (nSPS) is 18.7. The van der Waals surface area contributed by atoms with Crippen molar-refractivity contribution in [2.45, 2.75) is 18.9 Å². The van der Waals surface area contributed by atoms with Crippen LogP contribution in [0.5, 0.6) is 0 Å². The van der Waals surface area contributed by atoms with Crippen LogP contribution in [0.4, 0.5) is 11.4 Å². The molecule has 0 aliphatic carbocycles. The lowest BCUT2D eigenvalue weighted by atomic mass is 10.1. The number of hydrogen-bond acceptors (Lipinski definition) is 4. The van der Waals surface area contributed by atoms with Crippen LogP contribution in [-0.2, 0) is 9.53 Å². The summed E-state index contributed by atoms with van der Waals surface area (Å²) in [6.45, 7) is 1.97. The molecule has 2 aromatic rings. The molecule has 0 saturated carbocycles. The highest BCUT2D eigenvalue weighted by Crippen LogP contribution is 2.34. The molecule has 6 heteroatoms. The zero-order chi connectivity index (χ0) is 15.8. The average Bonchev–Trinajstić information content (AvgIpc) is 3.05. The topological polar surface area (TPSA) is 59.4 Å². The van der Waals surface area contributed by atoms with Crippen molar-refractivity contribution in [3.63, 3.8) is 0 Å². The molecule has 0 bridgehead atoms. The molecule has 4 rings (SSSR count). The van der Waals surface area contributed by atoms with Gasteiger partial charge in [0.15, 0.2) is 0 Å². The maximum atomic E-state index is 11.6. The number of benzene rings is 1. The zero-order valence-electron chi connectivity index (χ0n) is 13.2. The van der Waals surface area contributed by atoms with Crippen LogP contribution in [0.15, 0.2) is 30.5 Å². The second kappa shape index (κ2) is 5.70. The second-order valence-corrected chi connectivity index (χ2v) is 6.14. The monoisotopic (exact) mass is 312 g/mol. The van der Waals surface area contributed by atoms with Gasteiger partial charge in [-0.1, -0.05) is 6.07 Å². The van der Waals surface area contributed by atoms with Crippen LogP contribution in [0.2, 0.25) is 0 Å². The Bertz CT molecular complexity index is 734. The molecule has 120 valence electrons. The molecule has 2 aliphatic heterocycles. The number of hydrogen-bond donors (Lipinski definition) is 1. The fourth-order valence-electron chi connectivity index (χ4n) is 3.37. The summed E-state index contributed by atoms with van der Waals surface area (Å²) in [5.74, 6) is 0.0278. The SMILES string of the molecule is CN1CC(=O)Nc2ccc(-c3ccnn3C3CCOCC3)cc21. The van der Waals surface area contributed by atoms with Crippen molar-refractivity contribution in [3.8, 4) is 11.3 Å². The van der Waals surface area contributed by atoms with Gasteiger partial charge in [-0.25, -0.2) is 0 Å². The van der Waals surface area contributed by atoms with E-state index in [4.69, 9.17) is 4.74 Å². The second-order valence-electron chi connectivity index (χ2n) is 6.14. The fraction of sp³-hybridized carbons (Fsp3) is 0.412. The first-order valence-electron chi connectivity index (χ1n) is 7.99. The summed E-state index contributed by atoms with van der Waals surface area (Å²) in [5.41, 5.74) is 4.15. The van der Waals surface area contributed by atoms with Gasteiger partial charge in [0, 0.05) is 32.0 Å². The highest BCUT2D eigenvalue weighted by atomic mass is 16.5. The largest absolute Gasteiger partial charge is 0.381 e. The summed E-state index contributed by atoms with van der Waals surface area (Å²) in [5, 5.41) is 7.46. The van der Waals surface area contributed by atoms with E-state index >= 15 is 0 Å². The van der Waals surface area contributed by atoms with Crippen LogP contribution >= 0.6 is 0 Å². The third-order valence-electron chi connectivity index (χ3n) is 4.57. The third kappa shape index (κ3) is 2.59. The van der Waals surface area contributed by atoms with Crippen LogP contribution in [-0.4, -0.2) is 42.5 Å². The molecule has 23 heavy (non-hydrogen) atoms. The number of amides is 1. The number of ether oxygens (including phenoxy) is 1. The summed E-state index contributed by atoms with van der Waals surface area (Å²) in [6, 6.07) is 8.59. The first kappa shape index (κ1) is 14.3. The molecule has 3 heterocycles. The number of rotatable bonds is 2. The van der Waals surface area contributed by atoms with E-state index in [0.29, 0.717) is 12.6 Å². The van der Waals surface area contributed by atoms with Crippen LogP contribution in [0, 0.1) is 0 Å². The smallest absolute Gasteiger partial charge is 0.243 e. The maximum Gasteiger partial charge on any atom is 0.243 e. The Morgan fingerprint density at radius 1 is 1.26 bits per heavy atom. The van der Waals surface area contributed by atoms with E-state index in [9.17, 15) is 4.79 Å². The van der Waals surface area contributed by atoms with Crippen molar-refractivity contribution in [1.29, 1.82) is 0 Å². The number of anilines is 2. The van der Waals surface area contributed by atoms with Crippen LogP contribution < -0.4 is 10.2 Å². The van der Waals surface area contributed by atoms with Crippen LogP contribution in [0.3, 0.4) is 0 Å². The summed E-state index contributed by atoms with van der Waals surface area (Å²) >= 11 is 0. The third-order valence-corrected chi connectivity index (χ3v) is 4.57. The van der Waals surface area contributed by atoms with Crippen LogP contribution in [0.25, 0.3) is 11.3 Å². The van der Waals surface area contributed by atoms with Gasteiger partial charge in [-0.15, -0.1) is 0 Å². The van der Waals surface area contributed by atoms with Crippen molar-refractivity contribution in [1.82, 2.24) is 9.78 Å². The highest BCUT2D eigenvalue weighted by molar-refractivity contribution is 6.01. The van der Waals surface area contributed by atoms with E-state index in [0.717, 1.165) is 48.7 Å². The first-order valence-corrected chi connectivity index (χ1v) is 7.99. The van der Waals surface area contributed by atoms with E-state index in [-0.39, 0.29) is 5.91 Å². The molecule has 1 aromatic heterocycles. The standard InChI is InChI=1S/C17H20N4O2/c1-20-11-17(22)19-14-3-2-12(10-16(14)20)15-4-7-18-21(15)13-5-8-23-9-6-13/h2-4,7,10,13H,5-6,8-9,11H2,1H3,(H,19,22). The van der Waals surface area contributed by atoms with Crippen LogP contribution in [0.1, 0.15) is 18.9 Å². The minimum absolute atomic E-state index is 0.0278. The van der Waals surface area contributed by atoms with Gasteiger partial charge < -0.3 is 15.0 Å². The molecule has 1 amide bonds. The quantitative estimate of drug-likeness (QED) is 0.924. The van der Waals surface area contributed by atoms with Crippen molar-refractivity contribution in [2.24, 2.45) is 0 Å². The first-order chi connectivity index (χ1) is 11.2. The molecule has 1 N–H and O–H groups in total. The fourth-order valence-corrected chi connectivity index (χ4v) is 3.37. The van der Waals surface area contributed by atoms with Gasteiger partial charge in [-0.05, 0) is 31.0 Å². The van der Waals surface area contributed by atoms with Gasteiger partial charge in [0.25, 0.3) is 0 Å². The molecule has 0 spiro atoms. The Balaban J connectivity index is 1.70. The van der Waals surface area contributed by atoms with Gasteiger partial charge in [-0.2, -0.15) is 5.10 Å². The molecular weight excluding hydrogens is 292 g/mol. The average molecular weight is 312 g/mol. The zero-order valence-corrected chi connectivity index (χ0v) is 13.2. The molecule has 0 unspecified atom stereocenters. The number of nitrogens with one attached hydrogen (secondary N) is 1. The summed E-state index contributed by atoms with van der Waals surface area (Å²) in [6.07, 6.45) is 3.85. The number of fused-ring (bicyclic) bond motifs is 1. The van der Waals surface area contributed by atoms with Gasteiger partial charge >= 0.3 is 0 Å². The van der Waals surface area contributed by atoms with E-state index in [1.165, 1.54) is 0 Å². The van der Waals surface area contributed by atoms with Crippen molar-refractivity contribution in [2.75, 3.05) is 37.0 Å². The van der Waals surface area contributed by atoms with E-state index in [1.807, 2.05) is 30.3 Å². The Morgan fingerprint density at radius 2 is 2.09 bits per heavy atom. The molecule has 1 saturated heterocycles. The lowest BCUT2D eigenvalue weighted by Gasteiger charge is -2.28. The Morgan fingerprint density at radius 3 is 2.91 bits per heavy atom. The Kier molecular flexibility index (Phi) is 3.53. The van der Waals surface area contributed by atoms with Crippen molar-refractivity contribution < 1.29 is 9.53 Å². The number of likely N-dealkylation sites (N-methyl/N-ethyl adjacent to an activating group) is 1. The number of aromatic nitrogens is 2. The van der Waals surface area contributed by atoms with Gasteiger partial charge in [0.2, 0.25) is 5.91 Å². The van der Waals surface area contributed by atoms with E-state index in [1.54, 1.807) is 0 Å². The molecule has 1 aromatic carbocycles. The van der Waals surface area contributed by atoms with Gasteiger partial charge in [0.05, 0.1) is 29.7 Å². The summed E-state index contributed by atoms with van der Waals surface area (Å²) < 4.78 is 7.57. The molecule has 1 fully saturated rings. The van der Waals surface area contributed by atoms with Gasteiger partial charge in [-0.3, -0.25) is 9.48 Å². The lowest BCUT2D eigenvalue weighted by molar-refractivity contribution is -0.115. The molecule has 6 nitrogen and oxygen atoms in total. The molecular formula is C17H20N4O2. The lowest BCUT2D eigenvalue weighted by Crippen LogP contribution is -2.35. The minimum atomic E-state index is 0.0278. The Labute approximate surface area is 135 Å². The minimum Gasteiger partial charge on any atom is -0.381 e. The van der Waals surface area contributed by atoms with Gasteiger partial charge in [0.1, 0.15) is 0 Å².